The SMILES string of the molecule is O=C(O)N[C@H](CCO)c1ccc(Cl)nc1. The van der Waals surface area contributed by atoms with Crippen LogP contribution in [0.5, 0.6) is 0 Å². The molecule has 1 rings (SSSR count). The number of halogens is 1. The van der Waals surface area contributed by atoms with Gasteiger partial charge in [0.1, 0.15) is 5.15 Å². The highest BCUT2D eigenvalue weighted by Gasteiger charge is 2.13. The van der Waals surface area contributed by atoms with E-state index in [0.717, 1.165) is 0 Å². The summed E-state index contributed by atoms with van der Waals surface area (Å²) in [6.45, 7) is -0.104. The minimum atomic E-state index is -1.14. The number of carboxylic acid groups (broad SMARTS) is 1. The van der Waals surface area contributed by atoms with Crippen molar-refractivity contribution in [3.05, 3.63) is 29.0 Å². The quantitative estimate of drug-likeness (QED) is 0.684. The minimum absolute atomic E-state index is 0.104. The van der Waals surface area contributed by atoms with Gasteiger partial charge in [-0.3, -0.25) is 0 Å². The van der Waals surface area contributed by atoms with Crippen LogP contribution in [0.2, 0.25) is 5.15 Å². The van der Waals surface area contributed by atoms with Crippen LogP contribution < -0.4 is 5.32 Å². The first-order valence-electron chi connectivity index (χ1n) is 4.35. The fourth-order valence-corrected chi connectivity index (χ4v) is 1.31. The van der Waals surface area contributed by atoms with Crippen LogP contribution in [0.4, 0.5) is 4.79 Å². The molecule has 1 aromatic heterocycles. The molecule has 0 aromatic carbocycles. The van der Waals surface area contributed by atoms with Crippen LogP contribution >= 0.6 is 11.6 Å². The summed E-state index contributed by atoms with van der Waals surface area (Å²) < 4.78 is 0. The Balaban J connectivity index is 2.78. The number of aliphatic hydroxyl groups is 1. The van der Waals surface area contributed by atoms with Crippen molar-refractivity contribution in [2.45, 2.75) is 12.5 Å². The van der Waals surface area contributed by atoms with Gasteiger partial charge in [-0.05, 0) is 18.1 Å². The average Bonchev–Trinajstić information content (AvgIpc) is 2.17. The Kier molecular flexibility index (Phi) is 4.33. The highest BCUT2D eigenvalue weighted by Crippen LogP contribution is 2.16. The van der Waals surface area contributed by atoms with Gasteiger partial charge in [-0.25, -0.2) is 9.78 Å². The number of nitrogens with one attached hydrogen (secondary N) is 1. The van der Waals surface area contributed by atoms with Crippen LogP contribution in [0.1, 0.15) is 18.0 Å². The van der Waals surface area contributed by atoms with Crippen molar-refractivity contribution < 1.29 is 15.0 Å². The van der Waals surface area contributed by atoms with Gasteiger partial charge in [0.2, 0.25) is 0 Å². The standard InChI is InChI=1S/C9H11ClN2O3/c10-8-2-1-6(5-11-8)7(3-4-13)12-9(14)15/h1-2,5,7,12-13H,3-4H2,(H,14,15)/t7-/m1/s1. The summed E-state index contributed by atoms with van der Waals surface area (Å²) in [5, 5.41) is 20.0. The van der Waals surface area contributed by atoms with E-state index in [1.165, 1.54) is 6.20 Å². The average molecular weight is 231 g/mol. The van der Waals surface area contributed by atoms with Crippen LogP contribution in [0.25, 0.3) is 0 Å². The second-order valence-corrected chi connectivity index (χ2v) is 3.32. The molecule has 0 unspecified atom stereocenters. The van der Waals surface area contributed by atoms with Crippen molar-refractivity contribution in [1.29, 1.82) is 0 Å². The molecule has 0 aliphatic heterocycles. The fraction of sp³-hybridized carbons (Fsp3) is 0.333. The molecule has 0 radical (unpaired) electrons. The van der Waals surface area contributed by atoms with E-state index in [1.807, 2.05) is 0 Å². The summed E-state index contributed by atoms with van der Waals surface area (Å²) in [6.07, 6.45) is 0.650. The smallest absolute Gasteiger partial charge is 0.405 e. The monoisotopic (exact) mass is 230 g/mol. The molecule has 1 aromatic rings. The molecule has 0 saturated heterocycles. The van der Waals surface area contributed by atoms with Crippen molar-refractivity contribution >= 4 is 17.7 Å². The maximum atomic E-state index is 10.5. The number of nitrogens with zero attached hydrogens (tertiary/aromatic N) is 1. The molecule has 5 nitrogen and oxygen atoms in total. The molecule has 6 heteroatoms. The third-order valence-electron chi connectivity index (χ3n) is 1.87. The van der Waals surface area contributed by atoms with Crippen molar-refractivity contribution in [1.82, 2.24) is 10.3 Å². The minimum Gasteiger partial charge on any atom is -0.465 e. The lowest BCUT2D eigenvalue weighted by molar-refractivity contribution is 0.185. The summed E-state index contributed by atoms with van der Waals surface area (Å²) in [4.78, 5) is 14.3. The zero-order valence-electron chi connectivity index (χ0n) is 7.85. The first-order chi connectivity index (χ1) is 7.13. The summed E-state index contributed by atoms with van der Waals surface area (Å²) in [7, 11) is 0. The van der Waals surface area contributed by atoms with Crippen LogP contribution in [0, 0.1) is 0 Å². The number of aliphatic hydroxyl groups excluding tert-OH is 1. The topological polar surface area (TPSA) is 82.5 Å². The van der Waals surface area contributed by atoms with E-state index in [9.17, 15) is 4.79 Å². The number of hydrogen-bond acceptors (Lipinski definition) is 3. The predicted octanol–water partition coefficient (Wildman–Crippen LogP) is 1.43. The van der Waals surface area contributed by atoms with Crippen molar-refractivity contribution in [2.24, 2.45) is 0 Å². The van der Waals surface area contributed by atoms with Crippen molar-refractivity contribution in [3.63, 3.8) is 0 Å². The Hall–Kier alpha value is -1.33. The Morgan fingerprint density at radius 3 is 2.80 bits per heavy atom. The number of pyridine rings is 1. The molecule has 1 heterocycles. The summed E-state index contributed by atoms with van der Waals surface area (Å²) in [6, 6.07) is 2.79. The molecule has 1 atom stereocenters. The first kappa shape index (κ1) is 11.7. The van der Waals surface area contributed by atoms with Gasteiger partial charge in [0.25, 0.3) is 0 Å². The number of carbonyl (C=O) groups is 1. The molecule has 0 aliphatic rings. The van der Waals surface area contributed by atoms with Gasteiger partial charge in [0.15, 0.2) is 0 Å². The zero-order chi connectivity index (χ0) is 11.3. The predicted molar refractivity (Wildman–Crippen MR) is 54.9 cm³/mol. The lowest BCUT2D eigenvalue weighted by Crippen LogP contribution is -2.27. The molecule has 82 valence electrons. The third-order valence-corrected chi connectivity index (χ3v) is 2.09. The van der Waals surface area contributed by atoms with Gasteiger partial charge in [-0.2, -0.15) is 0 Å². The van der Waals surface area contributed by atoms with Gasteiger partial charge in [0, 0.05) is 12.8 Å². The molecule has 15 heavy (non-hydrogen) atoms. The highest BCUT2D eigenvalue weighted by molar-refractivity contribution is 6.29. The van der Waals surface area contributed by atoms with Crippen LogP contribution in [0.15, 0.2) is 18.3 Å². The van der Waals surface area contributed by atoms with Gasteiger partial charge >= 0.3 is 6.09 Å². The third kappa shape index (κ3) is 3.73. The van der Waals surface area contributed by atoms with Crippen LogP contribution in [-0.2, 0) is 0 Å². The van der Waals surface area contributed by atoms with E-state index in [1.54, 1.807) is 12.1 Å². The van der Waals surface area contributed by atoms with E-state index in [-0.39, 0.29) is 6.61 Å². The molecule has 1 amide bonds. The van der Waals surface area contributed by atoms with Crippen LogP contribution in [0.3, 0.4) is 0 Å². The Labute approximate surface area is 91.7 Å². The Bertz CT molecular complexity index is 329. The lowest BCUT2D eigenvalue weighted by Gasteiger charge is -2.15. The van der Waals surface area contributed by atoms with Gasteiger partial charge in [0.05, 0.1) is 6.04 Å². The number of amides is 1. The van der Waals surface area contributed by atoms with Gasteiger partial charge in [-0.15, -0.1) is 0 Å². The van der Waals surface area contributed by atoms with E-state index in [0.29, 0.717) is 17.1 Å². The summed E-state index contributed by atoms with van der Waals surface area (Å²) >= 11 is 5.60. The lowest BCUT2D eigenvalue weighted by atomic mass is 10.1. The molecule has 3 N–H and O–H groups in total. The molecular formula is C9H11ClN2O3. The molecule has 0 aliphatic carbocycles. The molecule has 0 fully saturated rings. The number of aromatic nitrogens is 1. The second-order valence-electron chi connectivity index (χ2n) is 2.93. The highest BCUT2D eigenvalue weighted by atomic mass is 35.5. The number of hydrogen-bond donors (Lipinski definition) is 3. The van der Waals surface area contributed by atoms with Gasteiger partial charge in [-0.1, -0.05) is 17.7 Å². The fourth-order valence-electron chi connectivity index (χ4n) is 1.19. The summed E-state index contributed by atoms with van der Waals surface area (Å²) in [5.41, 5.74) is 0.677. The number of rotatable bonds is 4. The van der Waals surface area contributed by atoms with E-state index < -0.39 is 12.1 Å². The van der Waals surface area contributed by atoms with E-state index in [4.69, 9.17) is 21.8 Å². The normalized spacial score (nSPS) is 12.1. The van der Waals surface area contributed by atoms with E-state index in [2.05, 4.69) is 10.3 Å². The first-order valence-corrected chi connectivity index (χ1v) is 4.73. The molecule has 0 saturated carbocycles. The maximum Gasteiger partial charge on any atom is 0.405 e. The van der Waals surface area contributed by atoms with Crippen molar-refractivity contribution in [2.75, 3.05) is 6.61 Å². The largest absolute Gasteiger partial charge is 0.465 e. The molecule has 0 spiro atoms. The van der Waals surface area contributed by atoms with Crippen LogP contribution in [-0.4, -0.2) is 27.9 Å². The maximum absolute atomic E-state index is 10.5. The van der Waals surface area contributed by atoms with Gasteiger partial charge < -0.3 is 15.5 Å². The Morgan fingerprint density at radius 1 is 1.60 bits per heavy atom. The Morgan fingerprint density at radius 2 is 2.33 bits per heavy atom. The van der Waals surface area contributed by atoms with E-state index >= 15 is 0 Å². The second kappa shape index (κ2) is 5.53. The zero-order valence-corrected chi connectivity index (χ0v) is 8.61. The molecule has 0 bridgehead atoms. The molecular weight excluding hydrogens is 220 g/mol. The van der Waals surface area contributed by atoms with Crippen molar-refractivity contribution in [3.8, 4) is 0 Å². The summed E-state index contributed by atoms with van der Waals surface area (Å²) in [5.74, 6) is 0.